The number of amides is 6. The normalized spacial score (nSPS) is 13.4. The van der Waals surface area contributed by atoms with Gasteiger partial charge in [-0.05, 0) is 178 Å². The first-order valence-corrected chi connectivity index (χ1v) is 35.5. The lowest BCUT2D eigenvalue weighted by Gasteiger charge is -2.08. The van der Waals surface area contributed by atoms with E-state index in [-0.39, 0.29) is 40.3 Å². The Labute approximate surface area is 623 Å². The third kappa shape index (κ3) is 19.1. The minimum atomic E-state index is -1.10. The minimum absolute atomic E-state index is 0.0135. The highest BCUT2D eigenvalue weighted by atomic mass is 35.5. The summed E-state index contributed by atoms with van der Waals surface area (Å²) in [6, 6.07) is 31.3. The number of aromatic nitrogens is 12. The van der Waals surface area contributed by atoms with Gasteiger partial charge in [0.2, 0.25) is 5.91 Å². The number of carbonyl (C=O) groups excluding carboxylic acids is 6. The number of benzene rings is 4. The largest absolute Gasteiger partial charge is 0.349 e. The van der Waals surface area contributed by atoms with Crippen molar-refractivity contribution in [2.24, 2.45) is 0 Å². The van der Waals surface area contributed by atoms with E-state index in [2.05, 4.69) is 72.2 Å². The maximum atomic E-state index is 14.2. The van der Waals surface area contributed by atoms with Crippen molar-refractivity contribution >= 4 is 70.0 Å². The van der Waals surface area contributed by atoms with Crippen LogP contribution in [0.2, 0.25) is 10.0 Å². The lowest BCUT2D eigenvalue weighted by atomic mass is 10.0. The van der Waals surface area contributed by atoms with Gasteiger partial charge in [0.05, 0.1) is 107 Å². The van der Waals surface area contributed by atoms with E-state index >= 15 is 0 Å². The van der Waals surface area contributed by atoms with Gasteiger partial charge in [-0.15, -0.1) is 0 Å². The van der Waals surface area contributed by atoms with Crippen LogP contribution in [0.15, 0.2) is 202 Å². The average Bonchev–Trinajstić information content (AvgIpc) is 1.71. The van der Waals surface area contributed by atoms with Crippen LogP contribution in [0, 0.1) is 19.7 Å². The van der Waals surface area contributed by atoms with Crippen LogP contribution in [0.5, 0.6) is 0 Å². The lowest BCUT2D eigenvalue weighted by molar-refractivity contribution is -0.117. The Hall–Kier alpha value is -12.4. The summed E-state index contributed by atoms with van der Waals surface area (Å²) in [6.45, 7) is 4.69. The molecule has 16 rings (SSSR count). The molecular weight excluding hydrogens is 1410 g/mol. The van der Waals surface area contributed by atoms with E-state index in [0.717, 1.165) is 113 Å². The summed E-state index contributed by atoms with van der Waals surface area (Å²) in [5.41, 5.74) is 14.5. The van der Waals surface area contributed by atoms with Crippen LogP contribution in [0.1, 0.15) is 117 Å². The van der Waals surface area contributed by atoms with Gasteiger partial charge in [-0.25, -0.2) is 27.5 Å². The van der Waals surface area contributed by atoms with Gasteiger partial charge in [-0.3, -0.25) is 48.7 Å². The van der Waals surface area contributed by atoms with Gasteiger partial charge >= 0.3 is 0 Å². The lowest BCUT2D eigenvalue weighted by Crippen LogP contribution is -2.26. The number of hydrogen-bond acceptors (Lipinski definition) is 14. The highest BCUT2D eigenvalue weighted by Gasteiger charge is 2.29. The highest BCUT2D eigenvalue weighted by molar-refractivity contribution is 6.34. The highest BCUT2D eigenvalue weighted by Crippen LogP contribution is 2.34. The molecule has 0 spiro atoms. The van der Waals surface area contributed by atoms with E-state index in [4.69, 9.17) is 23.2 Å². The Morgan fingerprint density at radius 2 is 0.794 bits per heavy atom. The molecule has 0 unspecified atom stereocenters. The van der Waals surface area contributed by atoms with E-state index in [1.807, 2.05) is 105 Å². The molecule has 0 aliphatic heterocycles. The summed E-state index contributed by atoms with van der Waals surface area (Å²) >= 11 is 12.5. The van der Waals surface area contributed by atoms with Gasteiger partial charge in [0.25, 0.3) is 29.5 Å². The van der Waals surface area contributed by atoms with Crippen LogP contribution in [0.3, 0.4) is 0 Å². The summed E-state index contributed by atoms with van der Waals surface area (Å²) in [6.07, 6.45) is 35.9. The smallest absolute Gasteiger partial charge is 0.255 e. The predicted octanol–water partition coefficient (Wildman–Crippen LogP) is 13.6. The van der Waals surface area contributed by atoms with Gasteiger partial charge in [0.1, 0.15) is 5.82 Å². The van der Waals surface area contributed by atoms with Gasteiger partial charge in [0, 0.05) is 123 Å². The Bertz CT molecular complexity index is 5090. The first-order chi connectivity index (χ1) is 51.9. The van der Waals surface area contributed by atoms with Crippen LogP contribution in [0.25, 0.3) is 67.3 Å². The molecule has 6 N–H and O–H groups in total. The molecule has 0 atom stereocenters. The molecule has 12 aromatic rings. The van der Waals surface area contributed by atoms with Crippen LogP contribution < -0.4 is 31.9 Å². The molecule has 542 valence electrons. The Morgan fingerprint density at radius 3 is 1.20 bits per heavy atom. The summed E-state index contributed by atoms with van der Waals surface area (Å²) in [5, 5.41) is 35.3. The van der Waals surface area contributed by atoms with E-state index in [1.165, 1.54) is 18.3 Å². The molecule has 8 aromatic heterocycles. The molecule has 0 radical (unpaired) electrons. The first kappa shape index (κ1) is 72.9. The van der Waals surface area contributed by atoms with Crippen molar-refractivity contribution in [3.8, 4) is 67.3 Å². The zero-order chi connectivity index (χ0) is 74.7. The average molecular weight is 1480 g/mol. The third-order valence-corrected chi connectivity index (χ3v) is 18.2. The molecular formula is C79H72Cl2F2N18O6. The SMILES string of the molecule is CCC(=O)Nc1cncc(-n2cc(-c3cc(C(=O)NC4CC4)ccc3C)cn2)c1.Cc1ccc(C(=O)NC2CC2)cc1-c1cnn(-c2cncc(NC(=O)CF)c2)c1.O=C(NC1CC1)c1cc(-c2cnn(-c3cccnc3)c2)c(Cl)cc1F.O=C(NC1CC1)c1ccc(Cl)c(-c2cnn(-c3cccnc3)c2)c1. The number of hydrogen-bond donors (Lipinski definition) is 6. The molecule has 4 fully saturated rings. The number of pyridine rings is 4. The third-order valence-electron chi connectivity index (χ3n) is 17.6. The van der Waals surface area contributed by atoms with E-state index in [1.54, 1.807) is 118 Å². The Morgan fingerprint density at radius 1 is 0.421 bits per heavy atom. The monoisotopic (exact) mass is 1480 g/mol. The molecule has 4 saturated carbocycles. The van der Waals surface area contributed by atoms with Crippen LogP contribution in [0.4, 0.5) is 20.2 Å². The van der Waals surface area contributed by atoms with Crippen LogP contribution >= 0.6 is 23.2 Å². The number of rotatable bonds is 20. The summed E-state index contributed by atoms with van der Waals surface area (Å²) in [7, 11) is 0. The summed E-state index contributed by atoms with van der Waals surface area (Å²) in [5.74, 6) is -2.02. The van der Waals surface area contributed by atoms with E-state index < -0.39 is 24.3 Å². The Balaban J connectivity index is 0.000000126. The second-order valence-corrected chi connectivity index (χ2v) is 26.9. The van der Waals surface area contributed by atoms with Gasteiger partial charge in [-0.1, -0.05) is 42.3 Å². The molecule has 4 aliphatic rings. The number of anilines is 2. The fourth-order valence-corrected chi connectivity index (χ4v) is 11.5. The van der Waals surface area contributed by atoms with Gasteiger partial charge in [-0.2, -0.15) is 20.4 Å². The standard InChI is InChI=1S/C22H23N5O2.C21H20FN5O2.C18H14ClFN4O.C18H15ClN4O/c1-3-21(28)25-18-9-19(12-23-11-18)27-13-16(10-24-27)20-8-15(5-4-14(20)2)22(29)26-17-6-7-17;1-13-2-3-14(21(29)26-16-4-5-16)6-19(13)15-9-24-27(12-15)18-7-17(10-23-11-18)25-20(28)8-22;19-16-7-17(20)15(18(25)23-12-3-4-12)6-14(16)11-8-22-24(10-11)13-2-1-5-21-9-13;19-17-6-3-12(18(24)22-14-4-5-14)8-16(17)13-9-21-23(11-13)15-2-1-7-20-10-15/h4-5,8-13,17H,3,6-7H2,1-2H3,(H,25,28)(H,26,29);2-3,6-7,9-12,16H,4-5,8H2,1H3,(H,25,28)(H,26,29);1-2,5-10,12H,3-4H2,(H,23,25);1-3,6-11,14H,4-5H2,(H,22,24). The molecule has 4 aromatic carbocycles. The van der Waals surface area contributed by atoms with Gasteiger partial charge < -0.3 is 31.9 Å². The number of nitrogens with one attached hydrogen (secondary N) is 6. The molecule has 0 bridgehead atoms. The molecule has 8 heterocycles. The first-order valence-electron chi connectivity index (χ1n) is 34.7. The molecule has 107 heavy (non-hydrogen) atoms. The second kappa shape index (κ2) is 33.1. The Kier molecular flexibility index (Phi) is 22.6. The molecule has 6 amide bonds. The maximum absolute atomic E-state index is 14.2. The number of nitrogens with zero attached hydrogens (tertiary/aromatic N) is 12. The molecule has 0 saturated heterocycles. The number of aryl methyl sites for hydroxylation is 2. The minimum Gasteiger partial charge on any atom is -0.349 e. The van der Waals surface area contributed by atoms with Crippen molar-refractivity contribution in [3.05, 3.63) is 252 Å². The number of carbonyl (C=O) groups is 6. The van der Waals surface area contributed by atoms with Crippen molar-refractivity contribution in [1.29, 1.82) is 0 Å². The van der Waals surface area contributed by atoms with Crippen molar-refractivity contribution in [2.75, 3.05) is 17.3 Å². The van der Waals surface area contributed by atoms with E-state index in [9.17, 15) is 37.5 Å². The fraction of sp³-hybridized carbons (Fsp3) is 0.215. The fourth-order valence-electron chi connectivity index (χ4n) is 11.0. The number of halogens is 4. The maximum Gasteiger partial charge on any atom is 0.255 e. The number of alkyl halides is 1. The summed E-state index contributed by atoms with van der Waals surface area (Å²) in [4.78, 5) is 88.5. The zero-order valence-electron chi connectivity index (χ0n) is 58.3. The second-order valence-electron chi connectivity index (χ2n) is 26.1. The van der Waals surface area contributed by atoms with Crippen molar-refractivity contribution in [1.82, 2.24) is 80.3 Å². The molecule has 24 nitrogen and oxygen atoms in total. The van der Waals surface area contributed by atoms with Crippen molar-refractivity contribution in [2.45, 2.75) is 103 Å². The van der Waals surface area contributed by atoms with Crippen molar-refractivity contribution < 1.29 is 37.5 Å². The molecule has 4 aliphatic carbocycles. The predicted molar refractivity (Wildman–Crippen MR) is 402 cm³/mol. The van der Waals surface area contributed by atoms with E-state index in [0.29, 0.717) is 74.4 Å². The topological polar surface area (TPSA) is 297 Å². The molecule has 28 heteroatoms. The van der Waals surface area contributed by atoms with Crippen molar-refractivity contribution in [3.63, 3.8) is 0 Å². The van der Waals surface area contributed by atoms with Crippen LogP contribution in [-0.4, -0.2) is 125 Å². The summed E-state index contributed by atoms with van der Waals surface area (Å²) < 4.78 is 33.3. The van der Waals surface area contributed by atoms with Crippen LogP contribution in [-0.2, 0) is 9.59 Å². The van der Waals surface area contributed by atoms with Gasteiger partial charge in [0.15, 0.2) is 6.67 Å². The zero-order valence-corrected chi connectivity index (χ0v) is 59.8. The quantitative estimate of drug-likeness (QED) is 0.0414.